The van der Waals surface area contributed by atoms with Crippen LogP contribution in [-0.2, 0) is 16.6 Å². The third-order valence-corrected chi connectivity index (χ3v) is 7.34. The maximum Gasteiger partial charge on any atom is 0.241 e. The molecule has 0 fully saturated rings. The van der Waals surface area contributed by atoms with Gasteiger partial charge in [-0.05, 0) is 58.7 Å². The first kappa shape index (κ1) is 22.1. The second-order valence-electron chi connectivity index (χ2n) is 7.95. The zero-order valence-corrected chi connectivity index (χ0v) is 19.5. The van der Waals surface area contributed by atoms with Crippen molar-refractivity contribution in [3.63, 3.8) is 0 Å². The minimum atomic E-state index is -3.71. The molecule has 0 bridgehead atoms. The number of ether oxygens (including phenoxy) is 1. The average Bonchev–Trinajstić information content (AvgIpc) is 2.87. The predicted octanol–water partition coefficient (Wildman–Crippen LogP) is 5.93. The molecule has 0 spiro atoms. The summed E-state index contributed by atoms with van der Waals surface area (Å²) in [6.07, 6.45) is 3.54. The van der Waals surface area contributed by atoms with Crippen LogP contribution in [0.1, 0.15) is 12.5 Å². The minimum Gasteiger partial charge on any atom is -0.494 e. The lowest BCUT2D eigenvalue weighted by Gasteiger charge is -2.14. The molecule has 0 amide bonds. The standard InChI is InChI=1S/C28H24N2O3S/c1-2-33-23-13-10-21(11-14-23)24-15-12-22(27-19-29-17-16-26(24)27)18-30-34(31,32)28-9-5-7-20-6-3-4-8-25(20)28/h3-17,19,30H,2,18H2,1H3. The van der Waals surface area contributed by atoms with Gasteiger partial charge in [0, 0.05) is 29.7 Å². The van der Waals surface area contributed by atoms with Crippen molar-refractivity contribution < 1.29 is 13.2 Å². The van der Waals surface area contributed by atoms with E-state index < -0.39 is 10.0 Å². The molecule has 1 aromatic heterocycles. The average molecular weight is 469 g/mol. The van der Waals surface area contributed by atoms with Gasteiger partial charge in [0.15, 0.2) is 0 Å². The Kier molecular flexibility index (Phi) is 6.01. The van der Waals surface area contributed by atoms with Gasteiger partial charge < -0.3 is 4.74 Å². The van der Waals surface area contributed by atoms with Gasteiger partial charge in [0.05, 0.1) is 11.5 Å². The maximum absolute atomic E-state index is 13.2. The van der Waals surface area contributed by atoms with E-state index >= 15 is 0 Å². The summed E-state index contributed by atoms with van der Waals surface area (Å²) in [5.74, 6) is 0.830. The molecule has 0 saturated heterocycles. The first-order valence-electron chi connectivity index (χ1n) is 11.1. The van der Waals surface area contributed by atoms with E-state index in [0.717, 1.165) is 38.6 Å². The zero-order chi connectivity index (χ0) is 23.5. The number of aromatic nitrogens is 1. The number of sulfonamides is 1. The lowest BCUT2D eigenvalue weighted by molar-refractivity contribution is 0.340. The fourth-order valence-corrected chi connectivity index (χ4v) is 5.47. The number of rotatable bonds is 7. The van der Waals surface area contributed by atoms with E-state index in [1.165, 1.54) is 0 Å². The highest BCUT2D eigenvalue weighted by Crippen LogP contribution is 2.32. The largest absolute Gasteiger partial charge is 0.494 e. The third-order valence-electron chi connectivity index (χ3n) is 5.88. The fraction of sp³-hybridized carbons (Fsp3) is 0.107. The molecular formula is C28H24N2O3S. The molecule has 1 N–H and O–H groups in total. The van der Waals surface area contributed by atoms with Gasteiger partial charge in [0.2, 0.25) is 10.0 Å². The van der Waals surface area contributed by atoms with E-state index in [1.54, 1.807) is 24.5 Å². The quantitative estimate of drug-likeness (QED) is 0.321. The fourth-order valence-electron chi connectivity index (χ4n) is 4.23. The summed E-state index contributed by atoms with van der Waals surface area (Å²) in [5, 5.41) is 3.52. The molecule has 0 aliphatic heterocycles. The predicted molar refractivity (Wildman–Crippen MR) is 136 cm³/mol. The van der Waals surface area contributed by atoms with Gasteiger partial charge in [-0.2, -0.15) is 0 Å². The topological polar surface area (TPSA) is 68.3 Å². The van der Waals surface area contributed by atoms with Gasteiger partial charge in [-0.3, -0.25) is 4.98 Å². The monoisotopic (exact) mass is 468 g/mol. The van der Waals surface area contributed by atoms with E-state index in [-0.39, 0.29) is 11.4 Å². The molecular weight excluding hydrogens is 444 g/mol. The second kappa shape index (κ2) is 9.25. The Morgan fingerprint density at radius 3 is 2.44 bits per heavy atom. The van der Waals surface area contributed by atoms with Gasteiger partial charge in [-0.1, -0.05) is 60.7 Å². The third kappa shape index (κ3) is 4.25. The summed E-state index contributed by atoms with van der Waals surface area (Å²) >= 11 is 0. The van der Waals surface area contributed by atoms with Crippen LogP contribution >= 0.6 is 0 Å². The highest BCUT2D eigenvalue weighted by molar-refractivity contribution is 7.89. The van der Waals surface area contributed by atoms with E-state index in [4.69, 9.17) is 4.74 Å². The van der Waals surface area contributed by atoms with Crippen molar-refractivity contribution in [2.75, 3.05) is 6.61 Å². The summed E-state index contributed by atoms with van der Waals surface area (Å²) in [5.41, 5.74) is 2.98. The molecule has 34 heavy (non-hydrogen) atoms. The van der Waals surface area contributed by atoms with E-state index in [0.29, 0.717) is 12.0 Å². The molecule has 0 aliphatic carbocycles. The molecule has 0 radical (unpaired) electrons. The Labute approximate surface area is 199 Å². The van der Waals surface area contributed by atoms with E-state index in [2.05, 4.69) is 9.71 Å². The number of benzene rings is 4. The SMILES string of the molecule is CCOc1ccc(-c2ccc(CNS(=O)(=O)c3cccc4ccccc34)c3cnccc23)cc1. The number of fused-ring (bicyclic) bond motifs is 2. The molecule has 5 aromatic rings. The molecule has 1 heterocycles. The molecule has 0 saturated carbocycles. The molecule has 0 unspecified atom stereocenters. The van der Waals surface area contributed by atoms with Crippen LogP contribution in [0.3, 0.4) is 0 Å². The summed E-state index contributed by atoms with van der Waals surface area (Å²) in [4.78, 5) is 4.57. The van der Waals surface area contributed by atoms with Gasteiger partial charge in [0.1, 0.15) is 5.75 Å². The van der Waals surface area contributed by atoms with Crippen LogP contribution in [0.15, 0.2) is 102 Å². The van der Waals surface area contributed by atoms with Gasteiger partial charge in [-0.15, -0.1) is 0 Å². The summed E-state index contributed by atoms with van der Waals surface area (Å²) in [7, 11) is -3.71. The molecule has 4 aromatic carbocycles. The van der Waals surface area contributed by atoms with Crippen LogP contribution in [0.2, 0.25) is 0 Å². The molecule has 170 valence electrons. The van der Waals surface area contributed by atoms with E-state index in [1.807, 2.05) is 79.7 Å². The Hall–Kier alpha value is -3.74. The molecule has 5 nitrogen and oxygen atoms in total. The van der Waals surface area contributed by atoms with Crippen LogP contribution in [0.4, 0.5) is 0 Å². The molecule has 0 aliphatic rings. The van der Waals surface area contributed by atoms with Crippen molar-refractivity contribution in [1.82, 2.24) is 9.71 Å². The summed E-state index contributed by atoms with van der Waals surface area (Å²) in [6, 6.07) is 26.7. The highest BCUT2D eigenvalue weighted by Gasteiger charge is 2.18. The minimum absolute atomic E-state index is 0.164. The molecule has 5 rings (SSSR count). The Bertz CT molecular complexity index is 1570. The maximum atomic E-state index is 13.2. The first-order chi connectivity index (χ1) is 16.6. The van der Waals surface area contributed by atoms with Crippen molar-refractivity contribution in [1.29, 1.82) is 0 Å². The number of hydrogen-bond donors (Lipinski definition) is 1. The van der Waals surface area contributed by atoms with Crippen LogP contribution in [0, 0.1) is 0 Å². The Balaban J connectivity index is 1.47. The van der Waals surface area contributed by atoms with Gasteiger partial charge in [0.25, 0.3) is 0 Å². The Morgan fingerprint density at radius 1 is 0.824 bits per heavy atom. The van der Waals surface area contributed by atoms with Crippen molar-refractivity contribution in [3.05, 3.63) is 103 Å². The number of pyridine rings is 1. The summed E-state index contributed by atoms with van der Waals surface area (Å²) in [6.45, 7) is 2.75. The smallest absolute Gasteiger partial charge is 0.241 e. The van der Waals surface area contributed by atoms with Crippen LogP contribution < -0.4 is 9.46 Å². The lowest BCUT2D eigenvalue weighted by Crippen LogP contribution is -2.23. The van der Waals surface area contributed by atoms with Crippen LogP contribution in [0.25, 0.3) is 32.7 Å². The van der Waals surface area contributed by atoms with Crippen molar-refractivity contribution in [3.8, 4) is 16.9 Å². The first-order valence-corrected chi connectivity index (χ1v) is 12.6. The zero-order valence-electron chi connectivity index (χ0n) is 18.7. The number of nitrogens with one attached hydrogen (secondary N) is 1. The number of hydrogen-bond acceptors (Lipinski definition) is 4. The molecule has 0 atom stereocenters. The highest BCUT2D eigenvalue weighted by atomic mass is 32.2. The van der Waals surface area contributed by atoms with Crippen LogP contribution in [-0.4, -0.2) is 20.0 Å². The normalized spacial score (nSPS) is 11.7. The summed E-state index contributed by atoms with van der Waals surface area (Å²) < 4.78 is 34.7. The molecule has 6 heteroatoms. The number of nitrogens with zero attached hydrogens (tertiary/aromatic N) is 1. The van der Waals surface area contributed by atoms with E-state index in [9.17, 15) is 8.42 Å². The lowest BCUT2D eigenvalue weighted by atomic mass is 9.96. The van der Waals surface area contributed by atoms with Crippen molar-refractivity contribution in [2.24, 2.45) is 0 Å². The van der Waals surface area contributed by atoms with Crippen molar-refractivity contribution in [2.45, 2.75) is 18.4 Å². The Morgan fingerprint density at radius 2 is 1.62 bits per heavy atom. The van der Waals surface area contributed by atoms with Crippen molar-refractivity contribution >= 4 is 31.6 Å². The van der Waals surface area contributed by atoms with Gasteiger partial charge >= 0.3 is 0 Å². The second-order valence-corrected chi connectivity index (χ2v) is 9.69. The van der Waals surface area contributed by atoms with Crippen LogP contribution in [0.5, 0.6) is 5.75 Å². The van der Waals surface area contributed by atoms with Gasteiger partial charge in [-0.25, -0.2) is 13.1 Å².